The van der Waals surface area contributed by atoms with Gasteiger partial charge in [-0.25, -0.2) is 4.68 Å². The van der Waals surface area contributed by atoms with E-state index in [-0.39, 0.29) is 0 Å². The van der Waals surface area contributed by atoms with Crippen LogP contribution in [0.25, 0.3) is 5.69 Å². The molecule has 0 saturated carbocycles. The number of aromatic nitrogens is 3. The number of anilines is 1. The van der Waals surface area contributed by atoms with Crippen LogP contribution in [-0.4, -0.2) is 21.2 Å². The Hall–Kier alpha value is -1.49. The Morgan fingerprint density at radius 3 is 2.56 bits per heavy atom. The average Bonchev–Trinajstić information content (AvgIpc) is 2.70. The molecule has 0 spiro atoms. The third-order valence-corrected chi connectivity index (χ3v) is 3.19. The predicted molar refractivity (Wildman–Crippen MR) is 66.9 cm³/mol. The maximum absolute atomic E-state index is 5.75. The molecule has 84 valence electrons. The number of benzene rings is 1. The van der Waals surface area contributed by atoms with Gasteiger partial charge in [0.1, 0.15) is 0 Å². The van der Waals surface area contributed by atoms with Crippen molar-refractivity contribution in [2.75, 3.05) is 12.0 Å². The summed E-state index contributed by atoms with van der Waals surface area (Å²) in [5.74, 6) is 0.511. The van der Waals surface area contributed by atoms with Gasteiger partial charge in [-0.1, -0.05) is 12.1 Å². The summed E-state index contributed by atoms with van der Waals surface area (Å²) in [7, 11) is 0. The Kier molecular flexibility index (Phi) is 3.14. The number of thioether (sulfide) groups is 1. The Morgan fingerprint density at radius 2 is 2.00 bits per heavy atom. The summed E-state index contributed by atoms with van der Waals surface area (Å²) < 4.78 is 1.79. The average molecular weight is 234 g/mol. The topological polar surface area (TPSA) is 56.7 Å². The lowest BCUT2D eigenvalue weighted by atomic mass is 10.3. The molecule has 1 aromatic carbocycles. The summed E-state index contributed by atoms with van der Waals surface area (Å²) in [6, 6.07) is 8.19. The second-order valence-electron chi connectivity index (χ2n) is 3.38. The summed E-state index contributed by atoms with van der Waals surface area (Å²) in [4.78, 5) is 1.23. The molecule has 0 bridgehead atoms. The van der Waals surface area contributed by atoms with Gasteiger partial charge in [-0.15, -0.1) is 16.9 Å². The highest BCUT2D eigenvalue weighted by Gasteiger charge is 2.09. The minimum Gasteiger partial charge on any atom is -0.381 e. The Morgan fingerprint density at radius 1 is 1.31 bits per heavy atom. The fourth-order valence-corrected chi connectivity index (χ4v) is 1.98. The van der Waals surface area contributed by atoms with Gasteiger partial charge in [0, 0.05) is 4.90 Å². The molecule has 0 radical (unpaired) electrons. The normalized spacial score (nSPS) is 10.6. The molecular weight excluding hydrogens is 220 g/mol. The molecule has 16 heavy (non-hydrogen) atoms. The molecule has 0 fully saturated rings. The van der Waals surface area contributed by atoms with Crippen molar-refractivity contribution >= 4 is 17.6 Å². The lowest BCUT2D eigenvalue weighted by Crippen LogP contribution is -2.02. The second kappa shape index (κ2) is 4.57. The molecule has 1 heterocycles. The van der Waals surface area contributed by atoms with E-state index in [1.165, 1.54) is 4.90 Å². The monoisotopic (exact) mass is 234 g/mol. The van der Waals surface area contributed by atoms with Crippen molar-refractivity contribution in [3.8, 4) is 5.69 Å². The lowest BCUT2D eigenvalue weighted by molar-refractivity contribution is 0.766. The molecule has 4 nitrogen and oxygen atoms in total. The van der Waals surface area contributed by atoms with E-state index in [2.05, 4.69) is 28.7 Å². The smallest absolute Gasteiger partial charge is 0.169 e. The largest absolute Gasteiger partial charge is 0.381 e. The molecule has 0 aliphatic heterocycles. The minimum absolute atomic E-state index is 0.511. The van der Waals surface area contributed by atoms with E-state index in [9.17, 15) is 0 Å². The van der Waals surface area contributed by atoms with E-state index in [0.717, 1.165) is 17.8 Å². The molecule has 0 atom stereocenters. The fourth-order valence-electron chi connectivity index (χ4n) is 1.57. The zero-order chi connectivity index (χ0) is 11.5. The number of hydrogen-bond acceptors (Lipinski definition) is 4. The summed E-state index contributed by atoms with van der Waals surface area (Å²) in [6.45, 7) is 2.04. The first-order valence-corrected chi connectivity index (χ1v) is 6.33. The molecule has 2 N–H and O–H groups in total. The van der Waals surface area contributed by atoms with E-state index in [1.807, 2.05) is 19.1 Å². The Labute approximate surface area is 98.8 Å². The Bertz CT molecular complexity index is 475. The van der Waals surface area contributed by atoms with E-state index >= 15 is 0 Å². The molecule has 0 saturated heterocycles. The summed E-state index contributed by atoms with van der Waals surface area (Å²) >= 11 is 1.72. The first kappa shape index (κ1) is 11.0. The fraction of sp³-hybridized carbons (Fsp3) is 0.273. The van der Waals surface area contributed by atoms with Crippen LogP contribution in [-0.2, 0) is 6.42 Å². The zero-order valence-corrected chi connectivity index (χ0v) is 10.2. The van der Waals surface area contributed by atoms with E-state index in [4.69, 9.17) is 5.73 Å². The highest BCUT2D eigenvalue weighted by atomic mass is 32.2. The van der Waals surface area contributed by atoms with Gasteiger partial charge in [-0.05, 0) is 36.9 Å². The summed E-state index contributed by atoms with van der Waals surface area (Å²) in [5.41, 5.74) is 7.70. The standard InChI is InChI=1S/C11H14N4S/c1-3-10-11(12)13-14-15(10)8-4-6-9(16-2)7-5-8/h4-7H,3,12H2,1-2H3. The number of nitrogens with two attached hydrogens (primary N) is 1. The molecular formula is C11H14N4S. The van der Waals surface area contributed by atoms with E-state index < -0.39 is 0 Å². The molecule has 5 heteroatoms. The van der Waals surface area contributed by atoms with Crippen LogP contribution in [0.1, 0.15) is 12.6 Å². The predicted octanol–water partition coefficient (Wildman–Crippen LogP) is 2.13. The van der Waals surface area contributed by atoms with Gasteiger partial charge in [0.05, 0.1) is 11.4 Å². The number of nitrogen functional groups attached to an aromatic ring is 1. The van der Waals surface area contributed by atoms with Crippen LogP contribution < -0.4 is 5.73 Å². The molecule has 1 aromatic heterocycles. The SMILES string of the molecule is CCc1c(N)nnn1-c1ccc(SC)cc1. The maximum Gasteiger partial charge on any atom is 0.169 e. The third kappa shape index (κ3) is 1.90. The van der Waals surface area contributed by atoms with Crippen LogP contribution in [0.5, 0.6) is 0 Å². The van der Waals surface area contributed by atoms with Crippen molar-refractivity contribution in [1.82, 2.24) is 15.0 Å². The molecule has 0 amide bonds. The van der Waals surface area contributed by atoms with Crippen molar-refractivity contribution in [3.63, 3.8) is 0 Å². The quantitative estimate of drug-likeness (QED) is 0.827. The van der Waals surface area contributed by atoms with Gasteiger partial charge >= 0.3 is 0 Å². The minimum atomic E-state index is 0.511. The lowest BCUT2D eigenvalue weighted by Gasteiger charge is -2.05. The first-order valence-electron chi connectivity index (χ1n) is 5.10. The number of hydrogen-bond donors (Lipinski definition) is 1. The van der Waals surface area contributed by atoms with E-state index in [0.29, 0.717) is 5.82 Å². The summed E-state index contributed by atoms with van der Waals surface area (Å²) in [5, 5.41) is 7.94. The van der Waals surface area contributed by atoms with Crippen molar-refractivity contribution in [3.05, 3.63) is 30.0 Å². The van der Waals surface area contributed by atoms with Crippen LogP contribution in [0, 0.1) is 0 Å². The highest BCUT2D eigenvalue weighted by Crippen LogP contribution is 2.19. The van der Waals surface area contributed by atoms with Crippen molar-refractivity contribution in [2.45, 2.75) is 18.2 Å². The first-order chi connectivity index (χ1) is 7.76. The highest BCUT2D eigenvalue weighted by molar-refractivity contribution is 7.98. The number of rotatable bonds is 3. The van der Waals surface area contributed by atoms with Crippen LogP contribution in [0.3, 0.4) is 0 Å². The van der Waals surface area contributed by atoms with Crippen LogP contribution in [0.4, 0.5) is 5.82 Å². The molecule has 2 rings (SSSR count). The molecule has 0 aliphatic carbocycles. The molecule has 0 aliphatic rings. The van der Waals surface area contributed by atoms with Gasteiger partial charge in [0.15, 0.2) is 5.82 Å². The van der Waals surface area contributed by atoms with Crippen molar-refractivity contribution < 1.29 is 0 Å². The summed E-state index contributed by atoms with van der Waals surface area (Å²) in [6.07, 6.45) is 2.88. The van der Waals surface area contributed by atoms with Crippen LogP contribution in [0.15, 0.2) is 29.2 Å². The third-order valence-electron chi connectivity index (χ3n) is 2.45. The van der Waals surface area contributed by atoms with E-state index in [1.54, 1.807) is 16.4 Å². The van der Waals surface area contributed by atoms with Crippen LogP contribution >= 0.6 is 11.8 Å². The van der Waals surface area contributed by atoms with Gasteiger partial charge in [0.2, 0.25) is 0 Å². The van der Waals surface area contributed by atoms with Gasteiger partial charge < -0.3 is 5.73 Å². The van der Waals surface area contributed by atoms with Gasteiger partial charge in [-0.2, -0.15) is 0 Å². The van der Waals surface area contributed by atoms with Crippen molar-refractivity contribution in [2.24, 2.45) is 0 Å². The zero-order valence-electron chi connectivity index (χ0n) is 9.34. The molecule has 2 aromatic rings. The maximum atomic E-state index is 5.75. The van der Waals surface area contributed by atoms with Crippen LogP contribution in [0.2, 0.25) is 0 Å². The van der Waals surface area contributed by atoms with Crippen molar-refractivity contribution in [1.29, 1.82) is 0 Å². The number of nitrogens with zero attached hydrogens (tertiary/aromatic N) is 3. The van der Waals surface area contributed by atoms with Gasteiger partial charge in [-0.3, -0.25) is 0 Å². The second-order valence-corrected chi connectivity index (χ2v) is 4.26. The molecule has 0 unspecified atom stereocenters. The van der Waals surface area contributed by atoms with Gasteiger partial charge in [0.25, 0.3) is 0 Å². The Balaban J connectivity index is 2.42.